The summed E-state index contributed by atoms with van der Waals surface area (Å²) in [6.07, 6.45) is 4.17. The number of aryl methyl sites for hydroxylation is 1. The van der Waals surface area contributed by atoms with E-state index >= 15 is 0 Å². The van der Waals surface area contributed by atoms with Gasteiger partial charge in [-0.2, -0.15) is 0 Å². The molecular formula is C25H32N2O5. The van der Waals surface area contributed by atoms with Gasteiger partial charge in [-0.3, -0.25) is 4.79 Å². The Kier molecular flexibility index (Phi) is 8.78. The summed E-state index contributed by atoms with van der Waals surface area (Å²) in [7, 11) is 3.25. The third-order valence-electron chi connectivity index (χ3n) is 5.76. The molecule has 2 amide bonds. The molecule has 1 aliphatic rings. The molecule has 0 aliphatic carbocycles. The van der Waals surface area contributed by atoms with Crippen LogP contribution in [0.1, 0.15) is 36.8 Å². The Morgan fingerprint density at radius 1 is 1.00 bits per heavy atom. The zero-order valence-electron chi connectivity index (χ0n) is 18.8. The second-order valence-corrected chi connectivity index (χ2v) is 7.88. The Bertz CT molecular complexity index is 887. The van der Waals surface area contributed by atoms with Gasteiger partial charge in [0.1, 0.15) is 13.2 Å². The van der Waals surface area contributed by atoms with E-state index in [4.69, 9.17) is 14.2 Å². The number of piperidine rings is 1. The first-order valence-corrected chi connectivity index (χ1v) is 11.1. The van der Waals surface area contributed by atoms with Crippen LogP contribution in [0.5, 0.6) is 11.5 Å². The highest BCUT2D eigenvalue weighted by Gasteiger charge is 2.26. The number of likely N-dealkylation sites (tertiary alicyclic amines) is 1. The number of benzene rings is 2. The third-order valence-corrected chi connectivity index (χ3v) is 5.76. The second-order valence-electron chi connectivity index (χ2n) is 7.88. The zero-order valence-corrected chi connectivity index (χ0v) is 18.8. The van der Waals surface area contributed by atoms with Gasteiger partial charge in [-0.05, 0) is 55.4 Å². The van der Waals surface area contributed by atoms with Crippen molar-refractivity contribution < 1.29 is 23.8 Å². The molecule has 2 aromatic rings. The molecule has 1 fully saturated rings. The van der Waals surface area contributed by atoms with Crippen molar-refractivity contribution in [2.75, 3.05) is 27.3 Å². The quantitative estimate of drug-likeness (QED) is 0.639. The molecular weight excluding hydrogens is 408 g/mol. The fraction of sp³-hybridized carbons (Fsp3) is 0.440. The smallest absolute Gasteiger partial charge is 0.407 e. The number of nitrogens with one attached hydrogen (secondary N) is 1. The van der Waals surface area contributed by atoms with E-state index in [2.05, 4.69) is 5.32 Å². The molecule has 0 bridgehead atoms. The lowest BCUT2D eigenvalue weighted by Crippen LogP contribution is -2.48. The molecule has 1 atom stereocenters. The highest BCUT2D eigenvalue weighted by Crippen LogP contribution is 2.29. The first-order chi connectivity index (χ1) is 15.6. The van der Waals surface area contributed by atoms with Crippen LogP contribution in [0.4, 0.5) is 4.79 Å². The second kappa shape index (κ2) is 12.0. The first-order valence-electron chi connectivity index (χ1n) is 11.1. The fourth-order valence-corrected chi connectivity index (χ4v) is 4.02. The molecule has 3 rings (SSSR count). The third kappa shape index (κ3) is 6.64. The Hall–Kier alpha value is -3.22. The normalized spacial score (nSPS) is 15.7. The van der Waals surface area contributed by atoms with Crippen molar-refractivity contribution in [3.8, 4) is 11.5 Å². The number of rotatable bonds is 9. The molecule has 0 aromatic heterocycles. The zero-order chi connectivity index (χ0) is 22.8. The van der Waals surface area contributed by atoms with Crippen LogP contribution in [-0.2, 0) is 22.6 Å². The van der Waals surface area contributed by atoms with Crippen LogP contribution in [0.25, 0.3) is 0 Å². The van der Waals surface area contributed by atoms with Crippen LogP contribution in [0.2, 0.25) is 0 Å². The molecule has 172 valence electrons. The van der Waals surface area contributed by atoms with Crippen molar-refractivity contribution in [2.24, 2.45) is 0 Å². The fourth-order valence-electron chi connectivity index (χ4n) is 4.02. The Labute approximate surface area is 189 Å². The van der Waals surface area contributed by atoms with Gasteiger partial charge in [0.2, 0.25) is 5.91 Å². The molecule has 7 nitrogen and oxygen atoms in total. The van der Waals surface area contributed by atoms with Crippen molar-refractivity contribution in [3.63, 3.8) is 0 Å². The molecule has 0 radical (unpaired) electrons. The van der Waals surface area contributed by atoms with Crippen LogP contribution < -0.4 is 14.8 Å². The summed E-state index contributed by atoms with van der Waals surface area (Å²) in [5.41, 5.74) is 2.04. The lowest BCUT2D eigenvalue weighted by Gasteiger charge is -2.36. The van der Waals surface area contributed by atoms with E-state index < -0.39 is 6.09 Å². The van der Waals surface area contributed by atoms with Crippen LogP contribution in [-0.4, -0.2) is 50.3 Å². The van der Waals surface area contributed by atoms with Crippen LogP contribution in [0.3, 0.4) is 0 Å². The summed E-state index contributed by atoms with van der Waals surface area (Å²) in [6, 6.07) is 15.5. The van der Waals surface area contributed by atoms with Crippen LogP contribution >= 0.6 is 0 Å². The molecule has 1 saturated heterocycles. The topological polar surface area (TPSA) is 77.1 Å². The number of nitrogens with zero attached hydrogens (tertiary/aromatic N) is 1. The van der Waals surface area contributed by atoms with E-state index in [1.165, 1.54) is 0 Å². The number of hydrogen-bond acceptors (Lipinski definition) is 5. The maximum Gasteiger partial charge on any atom is 0.407 e. The van der Waals surface area contributed by atoms with E-state index in [0.717, 1.165) is 49.8 Å². The van der Waals surface area contributed by atoms with Crippen molar-refractivity contribution >= 4 is 12.0 Å². The van der Waals surface area contributed by atoms with Crippen molar-refractivity contribution in [1.82, 2.24) is 10.2 Å². The number of alkyl carbamates (subject to hydrolysis) is 1. The minimum absolute atomic E-state index is 0.0551. The standard InChI is InChI=1S/C25H32N2O5/c1-30-22-14-12-19(16-23(22)31-2)11-13-21-10-6-7-15-27(21)24(28)17-26-25(29)32-18-20-8-4-3-5-9-20/h3-5,8-9,12,14,16,21H,6-7,10-11,13,15,17-18H2,1-2H3,(H,26,29). The lowest BCUT2D eigenvalue weighted by atomic mass is 9.95. The number of carbonyl (C=O) groups is 2. The number of ether oxygens (including phenoxy) is 3. The molecule has 0 spiro atoms. The largest absolute Gasteiger partial charge is 0.493 e. The Morgan fingerprint density at radius 2 is 1.78 bits per heavy atom. The maximum atomic E-state index is 12.8. The van der Waals surface area contributed by atoms with Gasteiger partial charge in [0.25, 0.3) is 0 Å². The highest BCUT2D eigenvalue weighted by atomic mass is 16.5. The van der Waals surface area contributed by atoms with Gasteiger partial charge < -0.3 is 24.4 Å². The predicted octanol–water partition coefficient (Wildman–Crippen LogP) is 3.94. The maximum absolute atomic E-state index is 12.8. The number of methoxy groups -OCH3 is 2. The molecule has 1 unspecified atom stereocenters. The summed E-state index contributed by atoms with van der Waals surface area (Å²) in [6.45, 7) is 0.842. The van der Waals surface area contributed by atoms with E-state index in [9.17, 15) is 9.59 Å². The van der Waals surface area contributed by atoms with Gasteiger partial charge in [-0.15, -0.1) is 0 Å². The van der Waals surface area contributed by atoms with Gasteiger partial charge in [0.15, 0.2) is 11.5 Å². The predicted molar refractivity (Wildman–Crippen MR) is 122 cm³/mol. The Balaban J connectivity index is 1.48. The minimum Gasteiger partial charge on any atom is -0.493 e. The van der Waals surface area contributed by atoms with E-state index in [1.807, 2.05) is 53.4 Å². The van der Waals surface area contributed by atoms with Gasteiger partial charge in [0.05, 0.1) is 14.2 Å². The molecule has 1 aliphatic heterocycles. The minimum atomic E-state index is -0.582. The number of carbonyl (C=O) groups excluding carboxylic acids is 2. The van der Waals surface area contributed by atoms with Crippen molar-refractivity contribution in [2.45, 2.75) is 44.8 Å². The van der Waals surface area contributed by atoms with Gasteiger partial charge in [-0.1, -0.05) is 36.4 Å². The van der Waals surface area contributed by atoms with Gasteiger partial charge >= 0.3 is 6.09 Å². The molecule has 7 heteroatoms. The average Bonchev–Trinajstić information content (AvgIpc) is 2.85. The summed E-state index contributed by atoms with van der Waals surface area (Å²) in [5.74, 6) is 1.34. The van der Waals surface area contributed by atoms with Crippen molar-refractivity contribution in [1.29, 1.82) is 0 Å². The molecule has 2 aromatic carbocycles. The van der Waals surface area contributed by atoms with E-state index in [1.54, 1.807) is 14.2 Å². The number of amides is 2. The first kappa shape index (κ1) is 23.4. The summed E-state index contributed by atoms with van der Waals surface area (Å²) >= 11 is 0. The van der Waals surface area contributed by atoms with Crippen molar-refractivity contribution in [3.05, 3.63) is 59.7 Å². The summed E-state index contributed by atoms with van der Waals surface area (Å²) in [5, 5.41) is 2.59. The molecule has 1 N–H and O–H groups in total. The lowest BCUT2D eigenvalue weighted by molar-refractivity contribution is -0.134. The van der Waals surface area contributed by atoms with Gasteiger partial charge in [0, 0.05) is 12.6 Å². The van der Waals surface area contributed by atoms with E-state index in [-0.39, 0.29) is 25.1 Å². The van der Waals surface area contributed by atoms with Crippen LogP contribution in [0.15, 0.2) is 48.5 Å². The van der Waals surface area contributed by atoms with E-state index in [0.29, 0.717) is 11.5 Å². The monoisotopic (exact) mass is 440 g/mol. The Morgan fingerprint density at radius 3 is 2.53 bits per heavy atom. The van der Waals surface area contributed by atoms with Crippen LogP contribution in [0, 0.1) is 0 Å². The highest BCUT2D eigenvalue weighted by molar-refractivity contribution is 5.82. The molecule has 32 heavy (non-hydrogen) atoms. The summed E-state index contributed by atoms with van der Waals surface area (Å²) < 4.78 is 15.9. The van der Waals surface area contributed by atoms with Gasteiger partial charge in [-0.25, -0.2) is 4.79 Å². The average molecular weight is 441 g/mol. The SMILES string of the molecule is COc1ccc(CCC2CCCCN2C(=O)CNC(=O)OCc2ccccc2)cc1OC. The molecule has 1 heterocycles. The molecule has 0 saturated carbocycles. The number of hydrogen-bond donors (Lipinski definition) is 1. The summed E-state index contributed by atoms with van der Waals surface area (Å²) in [4.78, 5) is 26.7.